The van der Waals surface area contributed by atoms with Crippen LogP contribution in [-0.4, -0.2) is 77.8 Å². The molecule has 124 valence electrons. The van der Waals surface area contributed by atoms with Crippen LogP contribution in [0.15, 0.2) is 12.4 Å². The van der Waals surface area contributed by atoms with Gasteiger partial charge >= 0.3 is 6.09 Å². The third kappa shape index (κ3) is 3.43. The number of nitrogens with zero attached hydrogens (tertiary/aromatic N) is 4. The van der Waals surface area contributed by atoms with Crippen LogP contribution in [0, 0.1) is 0 Å². The molecule has 0 bridgehead atoms. The Kier molecular flexibility index (Phi) is 4.45. The van der Waals surface area contributed by atoms with Crippen LogP contribution in [0.3, 0.4) is 0 Å². The van der Waals surface area contributed by atoms with E-state index in [9.17, 15) is 9.59 Å². The van der Waals surface area contributed by atoms with Gasteiger partial charge in [0, 0.05) is 25.4 Å². The molecule has 9 nitrogen and oxygen atoms in total. The van der Waals surface area contributed by atoms with E-state index in [1.54, 1.807) is 4.90 Å². The molecule has 1 aromatic heterocycles. The fraction of sp³-hybridized carbons (Fsp3) is 0.571. The summed E-state index contributed by atoms with van der Waals surface area (Å²) in [4.78, 5) is 34.8. The quantitative estimate of drug-likeness (QED) is 0.748. The van der Waals surface area contributed by atoms with Crippen LogP contribution in [0.25, 0.3) is 0 Å². The smallest absolute Gasteiger partial charge is 0.410 e. The molecular weight excluding hydrogens is 304 g/mol. The number of carbonyl (C=O) groups is 2. The number of ether oxygens (including phenoxy) is 3. The van der Waals surface area contributed by atoms with E-state index in [1.165, 1.54) is 24.4 Å². The van der Waals surface area contributed by atoms with Crippen LogP contribution in [0.4, 0.5) is 4.79 Å². The molecule has 3 heterocycles. The van der Waals surface area contributed by atoms with Crippen LogP contribution in [0.1, 0.15) is 6.42 Å². The van der Waals surface area contributed by atoms with E-state index in [0.717, 1.165) is 0 Å². The van der Waals surface area contributed by atoms with Gasteiger partial charge in [-0.1, -0.05) is 0 Å². The highest BCUT2D eigenvalue weighted by Crippen LogP contribution is 2.24. The van der Waals surface area contributed by atoms with Gasteiger partial charge in [0.2, 0.25) is 5.91 Å². The number of methoxy groups -OCH3 is 1. The molecule has 1 unspecified atom stereocenters. The summed E-state index contributed by atoms with van der Waals surface area (Å²) in [6.07, 6.45) is 3.13. The Balaban J connectivity index is 1.53. The molecule has 9 heteroatoms. The molecule has 1 atom stereocenters. The second-order valence-electron chi connectivity index (χ2n) is 5.27. The molecule has 23 heavy (non-hydrogen) atoms. The number of rotatable bonds is 5. The summed E-state index contributed by atoms with van der Waals surface area (Å²) in [6, 6.07) is 0. The second-order valence-corrected chi connectivity index (χ2v) is 5.27. The third-order valence-electron chi connectivity index (χ3n) is 3.77. The molecule has 1 aromatic rings. The molecule has 3 rings (SSSR count). The maximum absolute atomic E-state index is 12.2. The first-order chi connectivity index (χ1) is 11.2. The summed E-state index contributed by atoms with van der Waals surface area (Å²) < 4.78 is 15.7. The molecule has 0 aliphatic carbocycles. The van der Waals surface area contributed by atoms with Crippen molar-refractivity contribution in [3.05, 3.63) is 12.4 Å². The molecule has 2 saturated heterocycles. The minimum atomic E-state index is -0.436. The third-order valence-corrected chi connectivity index (χ3v) is 3.77. The zero-order valence-electron chi connectivity index (χ0n) is 12.8. The average Bonchev–Trinajstić information content (AvgIpc) is 3.18. The summed E-state index contributed by atoms with van der Waals surface area (Å²) in [6.45, 7) is 1.86. The first kappa shape index (κ1) is 15.3. The molecule has 2 amide bonds. The Morgan fingerprint density at radius 3 is 2.83 bits per heavy atom. The fourth-order valence-electron chi connectivity index (χ4n) is 2.57. The molecule has 0 aromatic carbocycles. The molecular formula is C14H18N4O5. The van der Waals surface area contributed by atoms with Crippen molar-refractivity contribution in [1.82, 2.24) is 19.8 Å². The number of amides is 2. The SMILES string of the molecule is COc1nccnc1OC1CCN(C(=O)CN2CCOC2=O)C1. The Morgan fingerprint density at radius 1 is 1.35 bits per heavy atom. The molecule has 0 N–H and O–H groups in total. The highest BCUT2D eigenvalue weighted by atomic mass is 16.6. The van der Waals surface area contributed by atoms with Gasteiger partial charge in [0.25, 0.3) is 11.8 Å². The predicted molar refractivity (Wildman–Crippen MR) is 77.1 cm³/mol. The van der Waals surface area contributed by atoms with Gasteiger partial charge in [-0.3, -0.25) is 9.69 Å². The standard InChI is InChI=1S/C14H18N4O5/c1-21-12-13(16-4-3-15-12)23-10-2-5-17(8-10)11(19)9-18-6-7-22-14(18)20/h3-4,10H,2,5-9H2,1H3. The van der Waals surface area contributed by atoms with E-state index >= 15 is 0 Å². The van der Waals surface area contributed by atoms with Crippen molar-refractivity contribution in [2.45, 2.75) is 12.5 Å². The van der Waals surface area contributed by atoms with Crippen molar-refractivity contribution in [2.24, 2.45) is 0 Å². The Bertz CT molecular complexity index is 596. The van der Waals surface area contributed by atoms with E-state index in [4.69, 9.17) is 14.2 Å². The van der Waals surface area contributed by atoms with Crippen LogP contribution >= 0.6 is 0 Å². The Morgan fingerprint density at radius 2 is 2.13 bits per heavy atom. The first-order valence-corrected chi connectivity index (χ1v) is 7.38. The topological polar surface area (TPSA) is 94.1 Å². The fourth-order valence-corrected chi connectivity index (χ4v) is 2.57. The van der Waals surface area contributed by atoms with Gasteiger partial charge in [0.15, 0.2) is 0 Å². The average molecular weight is 322 g/mol. The van der Waals surface area contributed by atoms with E-state index in [-0.39, 0.29) is 18.6 Å². The lowest BCUT2D eigenvalue weighted by Gasteiger charge is -2.20. The van der Waals surface area contributed by atoms with Gasteiger partial charge in [-0.15, -0.1) is 0 Å². The lowest BCUT2D eigenvalue weighted by molar-refractivity contribution is -0.130. The molecule has 0 saturated carbocycles. The number of aromatic nitrogens is 2. The summed E-state index contributed by atoms with van der Waals surface area (Å²) in [5.41, 5.74) is 0. The molecule has 0 spiro atoms. The largest absolute Gasteiger partial charge is 0.477 e. The lowest BCUT2D eigenvalue weighted by atomic mass is 10.3. The summed E-state index contributed by atoms with van der Waals surface area (Å²) >= 11 is 0. The van der Waals surface area contributed by atoms with Gasteiger partial charge < -0.3 is 19.1 Å². The Hall–Kier alpha value is -2.58. The number of hydrogen-bond acceptors (Lipinski definition) is 7. The van der Waals surface area contributed by atoms with Crippen molar-refractivity contribution < 1.29 is 23.8 Å². The zero-order chi connectivity index (χ0) is 16.2. The maximum Gasteiger partial charge on any atom is 0.410 e. The first-order valence-electron chi connectivity index (χ1n) is 7.38. The number of carbonyl (C=O) groups excluding carboxylic acids is 2. The maximum atomic E-state index is 12.2. The van der Waals surface area contributed by atoms with Crippen LogP contribution in [0.5, 0.6) is 11.8 Å². The molecule has 2 fully saturated rings. The zero-order valence-corrected chi connectivity index (χ0v) is 12.8. The minimum Gasteiger partial charge on any atom is -0.477 e. The number of likely N-dealkylation sites (tertiary alicyclic amines) is 1. The minimum absolute atomic E-state index is 0.0417. The normalized spacial score (nSPS) is 20.6. The van der Waals surface area contributed by atoms with E-state index in [1.807, 2.05) is 0 Å². The Labute approximate surface area is 133 Å². The summed E-state index contributed by atoms with van der Waals surface area (Å²) in [5.74, 6) is 0.524. The monoisotopic (exact) mass is 322 g/mol. The molecule has 2 aliphatic heterocycles. The van der Waals surface area contributed by atoms with E-state index in [2.05, 4.69) is 9.97 Å². The van der Waals surface area contributed by atoms with Gasteiger partial charge in [0.1, 0.15) is 19.3 Å². The summed E-state index contributed by atoms with van der Waals surface area (Å²) in [5, 5.41) is 0. The van der Waals surface area contributed by atoms with E-state index < -0.39 is 6.09 Å². The van der Waals surface area contributed by atoms with Gasteiger partial charge in [-0.25, -0.2) is 14.8 Å². The van der Waals surface area contributed by atoms with Crippen LogP contribution in [0.2, 0.25) is 0 Å². The van der Waals surface area contributed by atoms with Crippen LogP contribution in [-0.2, 0) is 9.53 Å². The second kappa shape index (κ2) is 6.67. The molecule has 0 radical (unpaired) electrons. The van der Waals surface area contributed by atoms with Crippen molar-refractivity contribution >= 4 is 12.0 Å². The highest BCUT2D eigenvalue weighted by Gasteiger charge is 2.32. The van der Waals surface area contributed by atoms with Crippen molar-refractivity contribution in [3.8, 4) is 11.8 Å². The predicted octanol–water partition coefficient (Wildman–Crippen LogP) is -0.0829. The van der Waals surface area contributed by atoms with Gasteiger partial charge in [-0.05, 0) is 0 Å². The van der Waals surface area contributed by atoms with E-state index in [0.29, 0.717) is 44.4 Å². The lowest BCUT2D eigenvalue weighted by Crippen LogP contribution is -2.40. The van der Waals surface area contributed by atoms with Gasteiger partial charge in [-0.2, -0.15) is 0 Å². The van der Waals surface area contributed by atoms with Crippen molar-refractivity contribution in [2.75, 3.05) is 39.9 Å². The van der Waals surface area contributed by atoms with Crippen molar-refractivity contribution in [3.63, 3.8) is 0 Å². The van der Waals surface area contributed by atoms with Crippen LogP contribution < -0.4 is 9.47 Å². The highest BCUT2D eigenvalue weighted by molar-refractivity contribution is 5.83. The number of hydrogen-bond donors (Lipinski definition) is 0. The number of cyclic esters (lactones) is 1. The van der Waals surface area contributed by atoms with Crippen molar-refractivity contribution in [1.29, 1.82) is 0 Å². The molecule has 2 aliphatic rings. The van der Waals surface area contributed by atoms with Gasteiger partial charge in [0.05, 0.1) is 20.2 Å². The summed E-state index contributed by atoms with van der Waals surface area (Å²) in [7, 11) is 1.50.